The van der Waals surface area contributed by atoms with Crippen LogP contribution >= 0.6 is 0 Å². The van der Waals surface area contributed by atoms with Crippen molar-refractivity contribution in [2.75, 3.05) is 31.5 Å². The molecule has 6 nitrogen and oxygen atoms in total. The summed E-state index contributed by atoms with van der Waals surface area (Å²) in [5.74, 6) is 0.406. The van der Waals surface area contributed by atoms with Crippen molar-refractivity contribution in [1.29, 1.82) is 5.26 Å². The number of carbonyl (C=O) groups is 1. The van der Waals surface area contributed by atoms with Crippen molar-refractivity contribution >= 4 is 11.7 Å². The predicted octanol–water partition coefficient (Wildman–Crippen LogP) is 0.641. The molecule has 104 valence electrons. The minimum absolute atomic E-state index is 0.0944. The first kappa shape index (κ1) is 14.0. The van der Waals surface area contributed by atoms with Gasteiger partial charge in [0.2, 0.25) is 0 Å². The summed E-state index contributed by atoms with van der Waals surface area (Å²) in [4.78, 5) is 18.0. The Kier molecular flexibility index (Phi) is 4.69. The van der Waals surface area contributed by atoms with Crippen molar-refractivity contribution in [3.8, 4) is 6.07 Å². The second-order valence-electron chi connectivity index (χ2n) is 4.53. The molecule has 1 amide bonds. The van der Waals surface area contributed by atoms with E-state index in [-0.39, 0.29) is 11.5 Å². The van der Waals surface area contributed by atoms with Crippen LogP contribution in [0.15, 0.2) is 30.1 Å². The standard InChI is InChI=1S/C14H17N5O/c1-11-3-2-4-17-13(11)18-10-12(9-15)14(20)19-7-5-16-6-8-19/h2-4,10,16H,5-8H2,1H3,(H,17,18)/b12-10-. The number of aryl methyl sites for hydroxylation is 1. The van der Waals surface area contributed by atoms with Crippen LogP contribution in [0.4, 0.5) is 5.82 Å². The molecule has 6 heteroatoms. The van der Waals surface area contributed by atoms with Crippen molar-refractivity contribution in [2.24, 2.45) is 0 Å². The van der Waals surface area contributed by atoms with Gasteiger partial charge in [-0.25, -0.2) is 4.98 Å². The zero-order valence-corrected chi connectivity index (χ0v) is 11.4. The monoisotopic (exact) mass is 271 g/mol. The molecule has 1 saturated heterocycles. The molecule has 2 heterocycles. The van der Waals surface area contributed by atoms with E-state index in [0.29, 0.717) is 18.9 Å². The highest BCUT2D eigenvalue weighted by atomic mass is 16.2. The number of nitrogens with zero attached hydrogens (tertiary/aromatic N) is 3. The molecule has 0 atom stereocenters. The van der Waals surface area contributed by atoms with Gasteiger partial charge in [-0.3, -0.25) is 4.79 Å². The number of carbonyl (C=O) groups excluding carboxylic acids is 1. The van der Waals surface area contributed by atoms with Crippen LogP contribution < -0.4 is 10.6 Å². The molecule has 0 radical (unpaired) electrons. The van der Waals surface area contributed by atoms with E-state index in [1.807, 2.05) is 25.1 Å². The van der Waals surface area contributed by atoms with Gasteiger partial charge in [0, 0.05) is 38.6 Å². The van der Waals surface area contributed by atoms with Crippen LogP contribution in [-0.2, 0) is 4.79 Å². The summed E-state index contributed by atoms with van der Waals surface area (Å²) in [6, 6.07) is 5.69. The van der Waals surface area contributed by atoms with E-state index < -0.39 is 0 Å². The van der Waals surface area contributed by atoms with Crippen LogP contribution in [-0.4, -0.2) is 42.0 Å². The highest BCUT2D eigenvalue weighted by Crippen LogP contribution is 2.10. The summed E-state index contributed by atoms with van der Waals surface area (Å²) < 4.78 is 0. The number of nitriles is 1. The smallest absolute Gasteiger partial charge is 0.266 e. The van der Waals surface area contributed by atoms with Gasteiger partial charge in [-0.2, -0.15) is 5.26 Å². The second-order valence-corrected chi connectivity index (χ2v) is 4.53. The first-order valence-electron chi connectivity index (χ1n) is 6.51. The number of pyridine rings is 1. The van der Waals surface area contributed by atoms with E-state index in [9.17, 15) is 4.79 Å². The van der Waals surface area contributed by atoms with Crippen LogP contribution in [0.2, 0.25) is 0 Å². The fourth-order valence-electron chi connectivity index (χ4n) is 1.96. The maximum atomic E-state index is 12.2. The van der Waals surface area contributed by atoms with E-state index in [1.165, 1.54) is 6.20 Å². The summed E-state index contributed by atoms with van der Waals surface area (Å²) in [6.07, 6.45) is 3.09. The zero-order valence-electron chi connectivity index (χ0n) is 11.4. The van der Waals surface area contributed by atoms with E-state index in [1.54, 1.807) is 11.1 Å². The van der Waals surface area contributed by atoms with Gasteiger partial charge in [-0.05, 0) is 18.6 Å². The van der Waals surface area contributed by atoms with Crippen LogP contribution in [0.1, 0.15) is 5.56 Å². The molecule has 0 bridgehead atoms. The molecule has 0 spiro atoms. The van der Waals surface area contributed by atoms with Gasteiger partial charge >= 0.3 is 0 Å². The van der Waals surface area contributed by atoms with Gasteiger partial charge in [-0.1, -0.05) is 6.07 Å². The van der Waals surface area contributed by atoms with Crippen LogP contribution in [0.25, 0.3) is 0 Å². The van der Waals surface area contributed by atoms with Crippen LogP contribution in [0.5, 0.6) is 0 Å². The lowest BCUT2D eigenvalue weighted by atomic mass is 10.2. The minimum atomic E-state index is -0.241. The third-order valence-electron chi connectivity index (χ3n) is 3.12. The molecule has 1 aromatic rings. The van der Waals surface area contributed by atoms with Crippen LogP contribution in [0.3, 0.4) is 0 Å². The summed E-state index contributed by atoms with van der Waals surface area (Å²) in [5, 5.41) is 15.2. The number of hydrogen-bond acceptors (Lipinski definition) is 5. The number of rotatable bonds is 3. The molecule has 1 aliphatic rings. The van der Waals surface area contributed by atoms with Crippen molar-refractivity contribution in [3.05, 3.63) is 35.7 Å². The molecule has 0 saturated carbocycles. The summed E-state index contributed by atoms with van der Waals surface area (Å²) in [7, 11) is 0. The number of anilines is 1. The number of aromatic nitrogens is 1. The maximum Gasteiger partial charge on any atom is 0.266 e. The van der Waals surface area contributed by atoms with Crippen molar-refractivity contribution in [3.63, 3.8) is 0 Å². The second kappa shape index (κ2) is 6.68. The zero-order chi connectivity index (χ0) is 14.4. The molecule has 20 heavy (non-hydrogen) atoms. The van der Waals surface area contributed by atoms with E-state index in [2.05, 4.69) is 15.6 Å². The van der Waals surface area contributed by atoms with Gasteiger partial charge in [0.05, 0.1) is 0 Å². The Morgan fingerprint density at radius 3 is 2.95 bits per heavy atom. The van der Waals surface area contributed by atoms with E-state index in [4.69, 9.17) is 5.26 Å². The molecular formula is C14H17N5O. The average Bonchev–Trinajstić information content (AvgIpc) is 2.50. The third-order valence-corrected chi connectivity index (χ3v) is 3.12. The Bertz CT molecular complexity index is 555. The lowest BCUT2D eigenvalue weighted by Gasteiger charge is -2.27. The lowest BCUT2D eigenvalue weighted by molar-refractivity contribution is -0.127. The molecule has 0 aliphatic carbocycles. The number of amides is 1. The van der Waals surface area contributed by atoms with Gasteiger partial charge < -0.3 is 15.5 Å². The average molecular weight is 271 g/mol. The van der Waals surface area contributed by atoms with Gasteiger partial charge in [0.1, 0.15) is 17.5 Å². The summed E-state index contributed by atoms with van der Waals surface area (Å²) in [6.45, 7) is 4.68. The molecule has 1 aliphatic heterocycles. The Labute approximate surface area is 118 Å². The number of hydrogen-bond donors (Lipinski definition) is 2. The Morgan fingerprint density at radius 1 is 1.55 bits per heavy atom. The highest BCUT2D eigenvalue weighted by molar-refractivity contribution is 5.97. The first-order chi connectivity index (χ1) is 9.72. The Hall–Kier alpha value is -2.39. The van der Waals surface area contributed by atoms with E-state index in [0.717, 1.165) is 18.7 Å². The minimum Gasteiger partial charge on any atom is -0.345 e. The quantitative estimate of drug-likeness (QED) is 0.623. The first-order valence-corrected chi connectivity index (χ1v) is 6.51. The fourth-order valence-corrected chi connectivity index (χ4v) is 1.96. The summed E-state index contributed by atoms with van der Waals surface area (Å²) >= 11 is 0. The van der Waals surface area contributed by atoms with Crippen molar-refractivity contribution in [1.82, 2.24) is 15.2 Å². The highest BCUT2D eigenvalue weighted by Gasteiger charge is 2.19. The predicted molar refractivity (Wildman–Crippen MR) is 75.7 cm³/mol. The molecular weight excluding hydrogens is 254 g/mol. The van der Waals surface area contributed by atoms with Gasteiger partial charge in [0.15, 0.2) is 0 Å². The molecule has 1 aromatic heterocycles. The topological polar surface area (TPSA) is 81.0 Å². The number of piperazine rings is 1. The lowest BCUT2D eigenvalue weighted by Crippen LogP contribution is -2.46. The molecule has 2 N–H and O–H groups in total. The van der Waals surface area contributed by atoms with Gasteiger partial charge in [0.25, 0.3) is 5.91 Å². The molecule has 0 unspecified atom stereocenters. The van der Waals surface area contributed by atoms with Gasteiger partial charge in [-0.15, -0.1) is 0 Å². The van der Waals surface area contributed by atoms with Crippen LogP contribution in [0, 0.1) is 18.3 Å². The fraction of sp³-hybridized carbons (Fsp3) is 0.357. The molecule has 2 rings (SSSR count). The molecule has 0 aromatic carbocycles. The maximum absolute atomic E-state index is 12.2. The Balaban J connectivity index is 2.08. The SMILES string of the molecule is Cc1cccnc1N/C=C(/C#N)C(=O)N1CCNCC1. The van der Waals surface area contributed by atoms with Crippen molar-refractivity contribution < 1.29 is 4.79 Å². The normalized spacial score (nSPS) is 15.6. The number of nitrogens with one attached hydrogen (secondary N) is 2. The Morgan fingerprint density at radius 2 is 2.30 bits per heavy atom. The largest absolute Gasteiger partial charge is 0.345 e. The molecule has 1 fully saturated rings. The summed E-state index contributed by atoms with van der Waals surface area (Å²) in [5.41, 5.74) is 1.05. The van der Waals surface area contributed by atoms with E-state index >= 15 is 0 Å². The third kappa shape index (κ3) is 3.33. The van der Waals surface area contributed by atoms with Crippen molar-refractivity contribution in [2.45, 2.75) is 6.92 Å².